The van der Waals surface area contributed by atoms with Crippen molar-refractivity contribution in [1.82, 2.24) is 10.2 Å². The molecule has 2 aromatic rings. The van der Waals surface area contributed by atoms with Crippen molar-refractivity contribution in [2.24, 2.45) is 0 Å². The van der Waals surface area contributed by atoms with Crippen molar-refractivity contribution >= 4 is 18.0 Å². The Hall–Kier alpha value is -3.39. The van der Waals surface area contributed by atoms with Gasteiger partial charge in [-0.2, -0.15) is 0 Å². The number of nitrogens with one attached hydrogen (secondary N) is 1. The number of amides is 2. The van der Waals surface area contributed by atoms with Gasteiger partial charge in [0.2, 0.25) is 5.91 Å². The van der Waals surface area contributed by atoms with Crippen LogP contribution >= 0.6 is 0 Å². The van der Waals surface area contributed by atoms with E-state index in [0.717, 1.165) is 27.2 Å². The van der Waals surface area contributed by atoms with Gasteiger partial charge >= 0.3 is 12.1 Å². The lowest BCUT2D eigenvalue weighted by Gasteiger charge is -2.27. The van der Waals surface area contributed by atoms with E-state index in [1.165, 1.54) is 21.1 Å². The Balaban J connectivity index is 1.68. The van der Waals surface area contributed by atoms with Gasteiger partial charge in [0.25, 0.3) is 0 Å². The Morgan fingerprint density at radius 3 is 2.16 bits per heavy atom. The van der Waals surface area contributed by atoms with Crippen LogP contribution in [-0.2, 0) is 19.1 Å². The van der Waals surface area contributed by atoms with Crippen molar-refractivity contribution in [3.63, 3.8) is 0 Å². The fourth-order valence-corrected chi connectivity index (χ4v) is 3.88. The maximum atomic E-state index is 12.8. The Morgan fingerprint density at radius 1 is 1.06 bits per heavy atom. The van der Waals surface area contributed by atoms with E-state index in [1.807, 2.05) is 48.5 Å². The highest BCUT2D eigenvalue weighted by Gasteiger charge is 2.31. The second-order valence-electron chi connectivity index (χ2n) is 7.77. The summed E-state index contributed by atoms with van der Waals surface area (Å²) in [6, 6.07) is 14.0. The number of carboxylic acids is 1. The van der Waals surface area contributed by atoms with E-state index >= 15 is 0 Å². The molecule has 2 atom stereocenters. The largest absolute Gasteiger partial charge is 0.480 e. The van der Waals surface area contributed by atoms with Crippen LogP contribution in [0.2, 0.25) is 0 Å². The zero-order valence-corrected chi connectivity index (χ0v) is 18.4. The van der Waals surface area contributed by atoms with Gasteiger partial charge in [-0.25, -0.2) is 9.59 Å². The number of benzene rings is 2. The van der Waals surface area contributed by atoms with Crippen LogP contribution in [0.5, 0.6) is 0 Å². The van der Waals surface area contributed by atoms with Crippen LogP contribution in [0, 0.1) is 0 Å². The van der Waals surface area contributed by atoms with Crippen molar-refractivity contribution in [2.75, 3.05) is 27.4 Å². The average molecular weight is 440 g/mol. The number of rotatable bonds is 9. The second-order valence-corrected chi connectivity index (χ2v) is 7.77. The number of ether oxygens (including phenoxy) is 2. The van der Waals surface area contributed by atoms with Crippen LogP contribution < -0.4 is 5.32 Å². The molecule has 0 aromatic heterocycles. The first kappa shape index (κ1) is 23.3. The summed E-state index contributed by atoms with van der Waals surface area (Å²) in [6.45, 7) is 1.74. The number of carbonyl (C=O) groups is 3. The van der Waals surface area contributed by atoms with Gasteiger partial charge in [0.15, 0.2) is 0 Å². The van der Waals surface area contributed by atoms with E-state index in [0.29, 0.717) is 0 Å². The molecule has 0 radical (unpaired) electrons. The van der Waals surface area contributed by atoms with Crippen molar-refractivity contribution in [3.05, 3.63) is 59.7 Å². The molecule has 1 aliphatic carbocycles. The van der Waals surface area contributed by atoms with Crippen molar-refractivity contribution in [1.29, 1.82) is 0 Å². The number of hydrogen-bond acceptors (Lipinski definition) is 5. The van der Waals surface area contributed by atoms with E-state index in [9.17, 15) is 19.5 Å². The van der Waals surface area contributed by atoms with E-state index in [4.69, 9.17) is 9.47 Å². The number of fused-ring (bicyclic) bond motifs is 3. The Kier molecular flexibility index (Phi) is 7.48. The number of likely N-dealkylation sites (N-methyl/N-ethyl adjacent to an activating group) is 1. The third-order valence-electron chi connectivity index (χ3n) is 5.83. The normalized spacial score (nSPS) is 14.1. The average Bonchev–Trinajstić information content (AvgIpc) is 3.12. The number of carbonyl (C=O) groups excluding carboxylic acids is 2. The Morgan fingerprint density at radius 2 is 1.62 bits per heavy atom. The lowest BCUT2D eigenvalue weighted by molar-refractivity contribution is -0.149. The molecule has 0 saturated carbocycles. The lowest BCUT2D eigenvalue weighted by Crippen LogP contribution is -2.52. The zero-order valence-electron chi connectivity index (χ0n) is 18.4. The third-order valence-corrected chi connectivity index (χ3v) is 5.83. The number of nitrogens with zero attached hydrogens (tertiary/aromatic N) is 1. The number of carboxylic acid groups (broad SMARTS) is 1. The summed E-state index contributed by atoms with van der Waals surface area (Å²) >= 11 is 0. The molecule has 2 N–H and O–H groups in total. The summed E-state index contributed by atoms with van der Waals surface area (Å²) < 4.78 is 10.5. The molecule has 0 fully saturated rings. The molecule has 0 bridgehead atoms. The first-order valence-corrected chi connectivity index (χ1v) is 10.4. The molecular formula is C24H28N2O6. The summed E-state index contributed by atoms with van der Waals surface area (Å²) in [4.78, 5) is 37.6. The molecule has 0 spiro atoms. The summed E-state index contributed by atoms with van der Waals surface area (Å²) in [5.41, 5.74) is 4.41. The maximum absolute atomic E-state index is 12.8. The third kappa shape index (κ3) is 4.91. The van der Waals surface area contributed by atoms with Gasteiger partial charge in [-0.05, 0) is 29.2 Å². The van der Waals surface area contributed by atoms with Crippen molar-refractivity contribution in [3.8, 4) is 11.1 Å². The molecule has 0 saturated heterocycles. The zero-order chi connectivity index (χ0) is 23.3. The number of hydrogen-bond donors (Lipinski definition) is 2. The van der Waals surface area contributed by atoms with E-state index in [-0.39, 0.29) is 25.6 Å². The Bertz CT molecular complexity index is 946. The quantitative estimate of drug-likeness (QED) is 0.621. The topological polar surface area (TPSA) is 105 Å². The van der Waals surface area contributed by atoms with Gasteiger partial charge in [-0.3, -0.25) is 4.79 Å². The van der Waals surface area contributed by atoms with Crippen LogP contribution in [0.1, 0.15) is 30.4 Å². The van der Waals surface area contributed by atoms with Crippen molar-refractivity contribution < 1.29 is 29.0 Å². The summed E-state index contributed by atoms with van der Waals surface area (Å²) in [6.07, 6.45) is -0.548. The summed E-state index contributed by atoms with van der Waals surface area (Å²) in [7, 11) is 2.87. The monoisotopic (exact) mass is 440 g/mol. The molecule has 0 heterocycles. The molecular weight excluding hydrogens is 412 g/mol. The minimum absolute atomic E-state index is 0.101. The number of aliphatic carboxylic acids is 1. The van der Waals surface area contributed by atoms with Gasteiger partial charge in [0.05, 0.1) is 0 Å². The fraction of sp³-hybridized carbons (Fsp3) is 0.375. The SMILES string of the molecule is COCCC(NC(=O)OCC1c2ccccc2-c2ccccc21)C(=O)N(C)C(C)C(=O)O. The minimum Gasteiger partial charge on any atom is -0.480 e. The van der Waals surface area contributed by atoms with Crippen molar-refractivity contribution in [2.45, 2.75) is 31.3 Å². The van der Waals surface area contributed by atoms with Crippen LogP contribution in [0.25, 0.3) is 11.1 Å². The van der Waals surface area contributed by atoms with E-state index < -0.39 is 30.1 Å². The number of methoxy groups -OCH3 is 1. The summed E-state index contributed by atoms with van der Waals surface area (Å²) in [5.74, 6) is -1.76. The molecule has 0 aliphatic heterocycles. The van der Waals surface area contributed by atoms with Crippen LogP contribution in [-0.4, -0.2) is 67.4 Å². The smallest absolute Gasteiger partial charge is 0.407 e. The molecule has 2 aromatic carbocycles. The molecule has 1 aliphatic rings. The first-order chi connectivity index (χ1) is 15.3. The molecule has 32 heavy (non-hydrogen) atoms. The van der Waals surface area contributed by atoms with E-state index in [1.54, 1.807) is 0 Å². The minimum atomic E-state index is -1.13. The molecule has 170 valence electrons. The van der Waals surface area contributed by atoms with Gasteiger partial charge in [-0.15, -0.1) is 0 Å². The predicted molar refractivity (Wildman–Crippen MR) is 118 cm³/mol. The van der Waals surface area contributed by atoms with Gasteiger partial charge < -0.3 is 24.8 Å². The van der Waals surface area contributed by atoms with Crippen LogP contribution in [0.4, 0.5) is 4.79 Å². The highest BCUT2D eigenvalue weighted by molar-refractivity contribution is 5.89. The molecule has 8 heteroatoms. The molecule has 2 amide bonds. The molecule has 8 nitrogen and oxygen atoms in total. The lowest BCUT2D eigenvalue weighted by atomic mass is 9.98. The second kappa shape index (κ2) is 10.3. The molecule has 3 rings (SSSR count). The predicted octanol–water partition coefficient (Wildman–Crippen LogP) is 2.86. The van der Waals surface area contributed by atoms with Gasteiger partial charge in [0, 0.05) is 33.1 Å². The fourth-order valence-electron chi connectivity index (χ4n) is 3.88. The van der Waals surface area contributed by atoms with Gasteiger partial charge in [0.1, 0.15) is 18.7 Å². The van der Waals surface area contributed by atoms with Gasteiger partial charge in [-0.1, -0.05) is 48.5 Å². The highest BCUT2D eigenvalue weighted by Crippen LogP contribution is 2.44. The van der Waals surface area contributed by atoms with Crippen LogP contribution in [0.15, 0.2) is 48.5 Å². The van der Waals surface area contributed by atoms with Crippen LogP contribution in [0.3, 0.4) is 0 Å². The van der Waals surface area contributed by atoms with E-state index in [2.05, 4.69) is 5.32 Å². The highest BCUT2D eigenvalue weighted by atomic mass is 16.5. The standard InChI is InChI=1S/C24H28N2O6/c1-15(23(28)29)26(2)22(27)21(12-13-31-3)25-24(30)32-14-20-18-10-6-4-8-16(18)17-9-5-7-11-19(17)20/h4-11,15,20-21H,12-14H2,1-3H3,(H,25,30)(H,28,29). The first-order valence-electron chi connectivity index (χ1n) is 10.4. The maximum Gasteiger partial charge on any atom is 0.407 e. The number of alkyl carbamates (subject to hydrolysis) is 1. The summed E-state index contributed by atoms with van der Waals surface area (Å²) in [5, 5.41) is 11.7. The Labute approximate surface area is 187 Å². The molecule has 2 unspecified atom stereocenters.